The number of rotatable bonds is 73. The normalized spacial score (nSPS) is 17.6. The van der Waals surface area contributed by atoms with Crippen LogP contribution in [0.15, 0.2) is 36.5 Å². The Morgan fingerprint density at radius 2 is 0.720 bits per heavy atom. The van der Waals surface area contributed by atoms with Crippen LogP contribution in [-0.4, -0.2) is 100 Å². The molecule has 1 rings (SSSR count). The second-order valence-corrected chi connectivity index (χ2v) is 28.5. The van der Waals surface area contributed by atoms with Crippen molar-refractivity contribution in [3.63, 3.8) is 0 Å². The second-order valence-electron chi connectivity index (χ2n) is 28.5. The molecule has 6 N–H and O–H groups in total. The minimum Gasteiger partial charge on any atom is -0.466 e. The Labute approximate surface area is 574 Å². The number of hydrogen-bond donors (Lipinski definition) is 6. The van der Waals surface area contributed by atoms with Gasteiger partial charge in [0, 0.05) is 12.8 Å². The van der Waals surface area contributed by atoms with Crippen LogP contribution >= 0.6 is 0 Å². The lowest BCUT2D eigenvalue weighted by Gasteiger charge is -2.40. The van der Waals surface area contributed by atoms with Gasteiger partial charge >= 0.3 is 5.97 Å². The number of allylic oxidation sites excluding steroid dienone is 5. The molecular formula is C82H155NO10. The number of unbranched alkanes of at least 4 members (excludes halogenated alkanes) is 55. The topological polar surface area (TPSA) is 175 Å². The molecule has 93 heavy (non-hydrogen) atoms. The lowest BCUT2D eigenvalue weighted by molar-refractivity contribution is -0.302. The highest BCUT2D eigenvalue weighted by Crippen LogP contribution is 2.24. The molecule has 1 heterocycles. The van der Waals surface area contributed by atoms with Crippen molar-refractivity contribution in [1.29, 1.82) is 0 Å². The van der Waals surface area contributed by atoms with E-state index in [1.165, 1.54) is 327 Å². The van der Waals surface area contributed by atoms with Crippen molar-refractivity contribution >= 4 is 11.9 Å². The zero-order chi connectivity index (χ0) is 67.2. The van der Waals surface area contributed by atoms with E-state index >= 15 is 0 Å². The fourth-order valence-electron chi connectivity index (χ4n) is 13.1. The van der Waals surface area contributed by atoms with Gasteiger partial charge in [0.25, 0.3) is 0 Å². The van der Waals surface area contributed by atoms with Gasteiger partial charge in [-0.15, -0.1) is 0 Å². The van der Waals surface area contributed by atoms with Crippen molar-refractivity contribution in [3.05, 3.63) is 36.5 Å². The molecule has 7 unspecified atom stereocenters. The predicted octanol–water partition coefficient (Wildman–Crippen LogP) is 22.1. The van der Waals surface area contributed by atoms with Crippen LogP contribution in [0.1, 0.15) is 412 Å². The van der Waals surface area contributed by atoms with Crippen LogP contribution in [0, 0.1) is 0 Å². The van der Waals surface area contributed by atoms with Crippen LogP contribution in [0.3, 0.4) is 0 Å². The van der Waals surface area contributed by atoms with Gasteiger partial charge in [0.15, 0.2) is 6.29 Å². The number of aliphatic hydroxyl groups is 5. The zero-order valence-electron chi connectivity index (χ0n) is 61.2. The second kappa shape index (κ2) is 71.2. The summed E-state index contributed by atoms with van der Waals surface area (Å²) in [6, 6.07) is -0.807. The minimum absolute atomic E-state index is 0.0177. The molecular weight excluding hydrogens is 1160 g/mol. The predicted molar refractivity (Wildman–Crippen MR) is 394 cm³/mol. The maximum atomic E-state index is 13.0. The molecule has 0 radical (unpaired) electrons. The van der Waals surface area contributed by atoms with E-state index in [2.05, 4.69) is 43.5 Å². The monoisotopic (exact) mass is 1310 g/mol. The van der Waals surface area contributed by atoms with E-state index in [0.717, 1.165) is 57.8 Å². The Kier molecular flexibility index (Phi) is 68.0. The van der Waals surface area contributed by atoms with E-state index in [1.54, 1.807) is 6.08 Å². The minimum atomic E-state index is -1.57. The van der Waals surface area contributed by atoms with Crippen molar-refractivity contribution in [2.45, 2.75) is 455 Å². The Bertz CT molecular complexity index is 1640. The molecule has 1 amide bonds. The Morgan fingerprint density at radius 1 is 0.398 bits per heavy atom. The van der Waals surface area contributed by atoms with Crippen LogP contribution in [0.4, 0.5) is 0 Å². The van der Waals surface area contributed by atoms with Crippen LogP contribution in [-0.2, 0) is 23.8 Å². The van der Waals surface area contributed by atoms with Crippen molar-refractivity contribution in [1.82, 2.24) is 5.32 Å². The lowest BCUT2D eigenvalue weighted by atomic mass is 9.99. The van der Waals surface area contributed by atoms with E-state index in [0.29, 0.717) is 19.4 Å². The van der Waals surface area contributed by atoms with Crippen molar-refractivity contribution < 1.29 is 49.3 Å². The third kappa shape index (κ3) is 59.6. The van der Waals surface area contributed by atoms with Gasteiger partial charge in [0.2, 0.25) is 5.91 Å². The number of nitrogens with one attached hydrogen (secondary N) is 1. The maximum Gasteiger partial charge on any atom is 0.305 e. The summed E-state index contributed by atoms with van der Waals surface area (Å²) in [7, 11) is 0. The molecule has 1 aliphatic heterocycles. The van der Waals surface area contributed by atoms with Crippen molar-refractivity contribution in [3.8, 4) is 0 Å². The number of esters is 1. The first-order valence-corrected chi connectivity index (χ1v) is 40.8. The first kappa shape index (κ1) is 88.9. The fraction of sp³-hybridized carbons (Fsp3) is 0.902. The van der Waals surface area contributed by atoms with Gasteiger partial charge in [-0.05, 0) is 64.2 Å². The molecule has 0 spiro atoms. The SMILES string of the molecule is CCCCCCCCCC/C=C/C(O)C(COC1OC(CO)C(O)C(O)C1O)NC(=O)CCCCCCCCCCCCCCCCCCC/C=C\C/C=C\CCCCCCCCCCCCCCCOC(=O)CCCCCCCCCCCCCCCCCCCC. The highest BCUT2D eigenvalue weighted by atomic mass is 16.7. The summed E-state index contributed by atoms with van der Waals surface area (Å²) in [6.45, 7) is 4.38. The van der Waals surface area contributed by atoms with Gasteiger partial charge in [0.1, 0.15) is 24.4 Å². The van der Waals surface area contributed by atoms with E-state index in [1.807, 2.05) is 6.08 Å². The molecule has 1 aliphatic rings. The van der Waals surface area contributed by atoms with Gasteiger partial charge in [-0.25, -0.2) is 0 Å². The van der Waals surface area contributed by atoms with E-state index in [9.17, 15) is 35.1 Å². The van der Waals surface area contributed by atoms with Crippen molar-refractivity contribution in [2.24, 2.45) is 0 Å². The standard InChI is InChI=1S/C82H155NO10/c1-3-5-7-9-11-13-15-16-17-18-41-44-47-50-54-58-62-66-70-78(87)91-71-67-63-59-55-51-48-45-42-39-37-35-33-31-29-27-25-23-21-19-20-22-24-26-28-30-32-34-36-38-40-43-46-49-53-57-61-65-69-77(86)83-74(73-92-82-81(90)80(89)79(88)76(72-84)93-82)75(85)68-64-60-56-52-14-12-10-8-6-4-2/h19,21,25,27,64,68,74-76,79-82,84-85,88-90H,3-18,20,22-24,26,28-63,65-67,69-73H2,1-2H3,(H,83,86)/b21-19-,27-25-,68-64+. The summed E-state index contributed by atoms with van der Waals surface area (Å²) < 4.78 is 16.8. The molecule has 0 aromatic carbocycles. The van der Waals surface area contributed by atoms with Crippen LogP contribution in [0.2, 0.25) is 0 Å². The smallest absolute Gasteiger partial charge is 0.305 e. The average molecular weight is 1320 g/mol. The first-order valence-electron chi connectivity index (χ1n) is 40.8. The summed E-state index contributed by atoms with van der Waals surface area (Å²) >= 11 is 0. The number of hydrogen-bond acceptors (Lipinski definition) is 10. The Hall–Kier alpha value is -2.12. The van der Waals surface area contributed by atoms with Crippen LogP contribution in [0.25, 0.3) is 0 Å². The molecule has 0 saturated carbocycles. The molecule has 0 aromatic rings. The van der Waals surface area contributed by atoms with Crippen molar-refractivity contribution in [2.75, 3.05) is 19.8 Å². The van der Waals surface area contributed by atoms with Crippen LogP contribution in [0.5, 0.6) is 0 Å². The third-order valence-corrected chi connectivity index (χ3v) is 19.5. The first-order chi connectivity index (χ1) is 45.7. The number of aliphatic hydroxyl groups excluding tert-OH is 5. The summed E-state index contributed by atoms with van der Waals surface area (Å²) in [5.74, 6) is -0.161. The Balaban J connectivity index is 1.87. The zero-order valence-corrected chi connectivity index (χ0v) is 61.2. The molecule has 548 valence electrons. The van der Waals surface area contributed by atoms with E-state index < -0.39 is 49.5 Å². The largest absolute Gasteiger partial charge is 0.466 e. The molecule has 11 nitrogen and oxygen atoms in total. The summed E-state index contributed by atoms with van der Waals surface area (Å²) in [5, 5.41) is 54.4. The molecule has 0 aliphatic carbocycles. The molecule has 1 saturated heterocycles. The van der Waals surface area contributed by atoms with Gasteiger partial charge in [0.05, 0.1) is 32.0 Å². The fourth-order valence-corrected chi connectivity index (χ4v) is 13.1. The Morgan fingerprint density at radius 3 is 1.09 bits per heavy atom. The number of carbonyl (C=O) groups is 2. The van der Waals surface area contributed by atoms with E-state index in [-0.39, 0.29) is 18.5 Å². The van der Waals surface area contributed by atoms with Gasteiger partial charge < -0.3 is 45.1 Å². The quantitative estimate of drug-likeness (QED) is 0.0195. The van der Waals surface area contributed by atoms with Gasteiger partial charge in [-0.1, -0.05) is 371 Å². The van der Waals surface area contributed by atoms with E-state index in [4.69, 9.17) is 14.2 Å². The number of carbonyl (C=O) groups excluding carboxylic acids is 2. The molecule has 1 fully saturated rings. The molecule has 11 heteroatoms. The lowest BCUT2D eigenvalue weighted by Crippen LogP contribution is -2.60. The molecule has 0 aromatic heterocycles. The van der Waals surface area contributed by atoms with Gasteiger partial charge in [-0.3, -0.25) is 9.59 Å². The summed E-state index contributed by atoms with van der Waals surface area (Å²) in [4.78, 5) is 25.2. The maximum absolute atomic E-state index is 13.0. The highest BCUT2D eigenvalue weighted by molar-refractivity contribution is 5.76. The third-order valence-electron chi connectivity index (χ3n) is 19.5. The molecule has 7 atom stereocenters. The number of amides is 1. The van der Waals surface area contributed by atoms with Crippen LogP contribution < -0.4 is 5.32 Å². The average Bonchev–Trinajstić information content (AvgIpc) is 0.939. The number of ether oxygens (including phenoxy) is 3. The molecule has 0 bridgehead atoms. The summed E-state index contributed by atoms with van der Waals surface area (Å²) in [6.07, 6.45) is 83.4. The summed E-state index contributed by atoms with van der Waals surface area (Å²) in [5.41, 5.74) is 0. The highest BCUT2D eigenvalue weighted by Gasteiger charge is 2.44. The van der Waals surface area contributed by atoms with Gasteiger partial charge in [-0.2, -0.15) is 0 Å².